The van der Waals surface area contributed by atoms with Gasteiger partial charge in [0.15, 0.2) is 13.2 Å². The van der Waals surface area contributed by atoms with Crippen LogP contribution in [0.3, 0.4) is 0 Å². The average Bonchev–Trinajstić information content (AvgIpc) is 2.81. The molecule has 0 aliphatic carbocycles. The van der Waals surface area contributed by atoms with Crippen LogP contribution in [0, 0.1) is 0 Å². The summed E-state index contributed by atoms with van der Waals surface area (Å²) in [5.41, 5.74) is 0.860. The zero-order valence-corrected chi connectivity index (χ0v) is 17.1. The van der Waals surface area contributed by atoms with Gasteiger partial charge in [-0.2, -0.15) is 0 Å². The Morgan fingerprint density at radius 1 is 0.871 bits per heavy atom. The maximum Gasteiger partial charge on any atom is 0.344 e. The smallest absolute Gasteiger partial charge is 0.344 e. The lowest BCUT2D eigenvalue weighted by Crippen LogP contribution is -2.44. The molecule has 31 heavy (non-hydrogen) atoms. The average molecular weight is 421 g/mol. The second-order valence-corrected chi connectivity index (χ2v) is 6.79. The van der Waals surface area contributed by atoms with Crippen LogP contribution in [0.15, 0.2) is 72.8 Å². The predicted molar refractivity (Wildman–Crippen MR) is 114 cm³/mol. The van der Waals surface area contributed by atoms with Gasteiger partial charge in [-0.15, -0.1) is 0 Å². The lowest BCUT2D eigenvalue weighted by atomic mass is 10.1. The van der Waals surface area contributed by atoms with Crippen molar-refractivity contribution in [3.63, 3.8) is 0 Å². The van der Waals surface area contributed by atoms with Crippen molar-refractivity contribution >= 4 is 28.6 Å². The number of fused-ring (bicyclic) bond motifs is 1. The van der Waals surface area contributed by atoms with Gasteiger partial charge >= 0.3 is 11.9 Å². The molecule has 0 saturated carbocycles. The van der Waals surface area contributed by atoms with E-state index in [1.54, 1.807) is 6.07 Å². The van der Waals surface area contributed by atoms with Crippen molar-refractivity contribution < 1.29 is 28.6 Å². The lowest BCUT2D eigenvalue weighted by Gasteiger charge is -2.16. The molecule has 7 heteroatoms. The Morgan fingerprint density at radius 3 is 2.32 bits per heavy atom. The van der Waals surface area contributed by atoms with Crippen LogP contribution in [-0.4, -0.2) is 44.2 Å². The van der Waals surface area contributed by atoms with E-state index in [4.69, 9.17) is 14.2 Å². The summed E-state index contributed by atoms with van der Waals surface area (Å²) in [5.74, 6) is -1.36. The van der Waals surface area contributed by atoms with Crippen LogP contribution in [0.1, 0.15) is 5.56 Å². The molecule has 160 valence electrons. The number of nitrogens with one attached hydrogen (secondary N) is 1. The third-order valence-corrected chi connectivity index (χ3v) is 4.55. The number of benzene rings is 3. The van der Waals surface area contributed by atoms with E-state index < -0.39 is 30.5 Å². The van der Waals surface area contributed by atoms with E-state index in [0.717, 1.165) is 16.3 Å². The molecule has 1 N–H and O–H groups in total. The first-order valence-corrected chi connectivity index (χ1v) is 9.73. The summed E-state index contributed by atoms with van der Waals surface area (Å²) in [6.45, 7) is -0.863. The zero-order valence-electron chi connectivity index (χ0n) is 17.1. The number of carbonyl (C=O) groups excluding carboxylic acids is 3. The fraction of sp³-hybridized carbons (Fsp3) is 0.208. The molecular weight excluding hydrogens is 398 g/mol. The largest absolute Gasteiger partial charge is 0.482 e. The number of hydrogen-bond donors (Lipinski definition) is 1. The molecule has 0 spiro atoms. The first-order chi connectivity index (χ1) is 15.0. The summed E-state index contributed by atoms with van der Waals surface area (Å²) < 4.78 is 15.1. The minimum absolute atomic E-state index is 0.262. The molecule has 0 aliphatic rings. The van der Waals surface area contributed by atoms with Crippen LogP contribution in [0.25, 0.3) is 10.8 Å². The molecule has 0 unspecified atom stereocenters. The van der Waals surface area contributed by atoms with Crippen molar-refractivity contribution in [1.82, 2.24) is 5.32 Å². The highest BCUT2D eigenvalue weighted by Crippen LogP contribution is 2.20. The van der Waals surface area contributed by atoms with Gasteiger partial charge in [0.05, 0.1) is 7.11 Å². The molecule has 0 aromatic heterocycles. The van der Waals surface area contributed by atoms with Crippen LogP contribution >= 0.6 is 0 Å². The van der Waals surface area contributed by atoms with Crippen LogP contribution in [-0.2, 0) is 30.3 Å². The van der Waals surface area contributed by atoms with Gasteiger partial charge in [-0.3, -0.25) is 4.79 Å². The van der Waals surface area contributed by atoms with Crippen LogP contribution < -0.4 is 10.1 Å². The Hall–Kier alpha value is -3.87. The normalized spacial score (nSPS) is 11.4. The van der Waals surface area contributed by atoms with E-state index in [0.29, 0.717) is 5.75 Å². The molecule has 0 fully saturated rings. The Morgan fingerprint density at radius 2 is 1.58 bits per heavy atom. The fourth-order valence-electron chi connectivity index (χ4n) is 3.01. The summed E-state index contributed by atoms with van der Waals surface area (Å²) in [6, 6.07) is 21.6. The Balaban J connectivity index is 1.46. The van der Waals surface area contributed by atoms with Crippen molar-refractivity contribution in [2.75, 3.05) is 20.3 Å². The maximum atomic E-state index is 12.2. The molecule has 0 heterocycles. The third-order valence-electron chi connectivity index (χ3n) is 4.55. The van der Waals surface area contributed by atoms with Crippen molar-refractivity contribution in [2.45, 2.75) is 12.5 Å². The van der Waals surface area contributed by atoms with Crippen molar-refractivity contribution in [3.05, 3.63) is 78.4 Å². The highest BCUT2D eigenvalue weighted by molar-refractivity contribution is 5.87. The van der Waals surface area contributed by atoms with Crippen LogP contribution in [0.5, 0.6) is 5.75 Å². The highest BCUT2D eigenvalue weighted by Gasteiger charge is 2.22. The second kappa shape index (κ2) is 10.8. The van der Waals surface area contributed by atoms with Gasteiger partial charge in [0, 0.05) is 6.42 Å². The molecule has 3 aromatic carbocycles. The number of hydrogen-bond acceptors (Lipinski definition) is 6. The SMILES string of the molecule is COC(=O)[C@H](Cc1ccccc1)NC(=O)COC(=O)COc1ccc2ccccc2c1. The summed E-state index contributed by atoms with van der Waals surface area (Å²) in [5, 5.41) is 4.58. The number of esters is 2. The molecule has 3 rings (SSSR count). The van der Waals surface area contributed by atoms with Gasteiger partial charge in [-0.05, 0) is 28.5 Å². The van der Waals surface area contributed by atoms with Crippen LogP contribution in [0.4, 0.5) is 0 Å². The van der Waals surface area contributed by atoms with Crippen molar-refractivity contribution in [2.24, 2.45) is 0 Å². The summed E-state index contributed by atoms with van der Waals surface area (Å²) in [7, 11) is 1.25. The van der Waals surface area contributed by atoms with Gasteiger partial charge in [-0.1, -0.05) is 60.7 Å². The standard InChI is InChI=1S/C24H23NO6/c1-29-24(28)21(13-17-7-3-2-4-8-17)25-22(26)15-31-23(27)16-30-20-12-11-18-9-5-6-10-19(18)14-20/h2-12,14,21H,13,15-16H2,1H3,(H,25,26)/t21-/m0/s1. The molecule has 3 aromatic rings. The molecule has 0 radical (unpaired) electrons. The molecule has 7 nitrogen and oxygen atoms in total. The predicted octanol–water partition coefficient (Wildman–Crippen LogP) is 2.66. The summed E-state index contributed by atoms with van der Waals surface area (Å²) in [6.07, 6.45) is 0.262. The molecule has 0 bridgehead atoms. The topological polar surface area (TPSA) is 90.9 Å². The molecule has 1 amide bonds. The fourth-order valence-corrected chi connectivity index (χ4v) is 3.01. The van der Waals surface area contributed by atoms with Crippen molar-refractivity contribution in [1.29, 1.82) is 0 Å². The second-order valence-electron chi connectivity index (χ2n) is 6.79. The minimum Gasteiger partial charge on any atom is -0.482 e. The van der Waals surface area contributed by atoms with E-state index in [1.165, 1.54) is 7.11 Å². The lowest BCUT2D eigenvalue weighted by molar-refractivity contribution is -0.151. The minimum atomic E-state index is -0.882. The first-order valence-electron chi connectivity index (χ1n) is 9.73. The number of ether oxygens (including phenoxy) is 3. The monoisotopic (exact) mass is 421 g/mol. The van der Waals surface area contributed by atoms with Gasteiger partial charge in [-0.25, -0.2) is 9.59 Å². The third kappa shape index (κ3) is 6.57. The molecule has 1 atom stereocenters. The van der Waals surface area contributed by atoms with Gasteiger partial charge in [0.1, 0.15) is 11.8 Å². The summed E-state index contributed by atoms with van der Waals surface area (Å²) in [4.78, 5) is 36.1. The van der Waals surface area contributed by atoms with E-state index in [2.05, 4.69) is 5.32 Å². The van der Waals surface area contributed by atoms with Crippen LogP contribution in [0.2, 0.25) is 0 Å². The molecular formula is C24H23NO6. The number of rotatable bonds is 9. The Kier molecular flexibility index (Phi) is 7.59. The van der Waals surface area contributed by atoms with E-state index in [1.807, 2.05) is 66.7 Å². The quantitative estimate of drug-likeness (QED) is 0.534. The summed E-state index contributed by atoms with van der Waals surface area (Å²) >= 11 is 0. The highest BCUT2D eigenvalue weighted by atomic mass is 16.6. The van der Waals surface area contributed by atoms with Gasteiger partial charge in [0.2, 0.25) is 0 Å². The number of methoxy groups -OCH3 is 1. The van der Waals surface area contributed by atoms with E-state index in [9.17, 15) is 14.4 Å². The molecule has 0 saturated heterocycles. The van der Waals surface area contributed by atoms with Gasteiger partial charge < -0.3 is 19.5 Å². The zero-order chi connectivity index (χ0) is 22.1. The maximum absolute atomic E-state index is 12.2. The van der Waals surface area contributed by atoms with E-state index >= 15 is 0 Å². The first kappa shape index (κ1) is 21.8. The van der Waals surface area contributed by atoms with E-state index in [-0.39, 0.29) is 13.0 Å². The Labute approximate surface area is 179 Å². The number of amides is 1. The number of carbonyl (C=O) groups is 3. The van der Waals surface area contributed by atoms with Gasteiger partial charge in [0.25, 0.3) is 5.91 Å². The molecule has 0 aliphatic heterocycles. The van der Waals surface area contributed by atoms with Crippen molar-refractivity contribution in [3.8, 4) is 5.75 Å². The Bertz CT molecular complexity index is 1050.